The van der Waals surface area contributed by atoms with Gasteiger partial charge in [0, 0.05) is 0 Å². The smallest absolute Gasteiger partial charge is 0.390 e. The van der Waals surface area contributed by atoms with Crippen LogP contribution in [0.3, 0.4) is 0 Å². The summed E-state index contributed by atoms with van der Waals surface area (Å²) in [5, 5.41) is 8.13. The Morgan fingerprint density at radius 3 is 0.576 bits per heavy atom. The van der Waals surface area contributed by atoms with Crippen molar-refractivity contribution in [3.05, 3.63) is 0 Å². The molecule has 0 aliphatic carbocycles. The fourth-order valence-corrected chi connectivity index (χ4v) is 2.71. The normalized spacial score (nSPS) is 20.9. The number of alkyl halides is 35. The second-order valence-electron chi connectivity index (χ2n) is 9.92. The van der Waals surface area contributed by atoms with Crippen LogP contribution in [0.25, 0.3) is 0 Å². The Bertz CT molecular complexity index is 1450. The number of hydrogen-bond acceptors (Lipinski definition) is 6. The number of aliphatic hydroxyl groups excluding tert-OH is 1. The minimum absolute atomic E-state index is 0.705. The first-order chi connectivity index (χ1) is 24.8. The quantitative estimate of drug-likeness (QED) is 0.156. The van der Waals surface area contributed by atoms with Crippen molar-refractivity contribution in [2.45, 2.75) is 103 Å². The molecule has 0 saturated carbocycles. The topological polar surface area (TPSA) is 66.4 Å². The van der Waals surface area contributed by atoms with E-state index in [9.17, 15) is 154 Å². The van der Waals surface area contributed by atoms with Crippen LogP contribution in [0.15, 0.2) is 0 Å². The second kappa shape index (κ2) is 14.7. The molecule has 0 spiro atoms. The molecule has 0 aromatic carbocycles. The van der Waals surface area contributed by atoms with E-state index in [1.807, 2.05) is 0 Å². The maximum Gasteiger partial charge on any atom is 0.462 e. The minimum atomic E-state index is -9.58. The van der Waals surface area contributed by atoms with Crippen LogP contribution < -0.4 is 0 Å². The zero-order chi connectivity index (χ0) is 48.7. The molecule has 0 aliphatic heterocycles. The van der Waals surface area contributed by atoms with Crippen molar-refractivity contribution in [3.63, 3.8) is 0 Å². The van der Waals surface area contributed by atoms with E-state index in [-0.39, 0.29) is 0 Å². The summed E-state index contributed by atoms with van der Waals surface area (Å²) in [7, 11) is 0. The molecule has 0 aliphatic rings. The number of rotatable bonds is 16. The number of ether oxygens (including phenoxy) is 5. The Morgan fingerprint density at radius 1 is 0.237 bits per heavy atom. The maximum absolute atomic E-state index is 14.6. The van der Waals surface area contributed by atoms with Gasteiger partial charge in [-0.2, -0.15) is 154 Å². The summed E-state index contributed by atoms with van der Waals surface area (Å²) < 4.78 is 472. The van der Waals surface area contributed by atoms with Gasteiger partial charge in [0.05, 0.1) is 0 Å². The van der Waals surface area contributed by atoms with Gasteiger partial charge >= 0.3 is 103 Å². The Labute approximate surface area is 293 Å². The average Bonchev–Trinajstić information content (AvgIpc) is 2.91. The number of hydrogen-bond donors (Lipinski definition) is 1. The predicted molar refractivity (Wildman–Crippen MR) is 97.7 cm³/mol. The summed E-state index contributed by atoms with van der Waals surface area (Å²) in [5.41, 5.74) is 0. The molecule has 0 fully saturated rings. The van der Waals surface area contributed by atoms with Gasteiger partial charge in [0.25, 0.3) is 0 Å². The first-order valence-electron chi connectivity index (χ1n) is 12.1. The molecule has 0 saturated heterocycles. The average molecular weight is 980 g/mol. The van der Waals surface area contributed by atoms with Crippen molar-refractivity contribution in [2.24, 2.45) is 0 Å². The summed E-state index contributed by atoms with van der Waals surface area (Å²) >= 11 is 0. The van der Waals surface area contributed by atoms with Crippen LogP contribution in [-0.4, -0.2) is 115 Å². The van der Waals surface area contributed by atoms with Gasteiger partial charge in [0.15, 0.2) is 0 Å². The van der Waals surface area contributed by atoms with E-state index >= 15 is 0 Å². The van der Waals surface area contributed by atoms with Gasteiger partial charge in [-0.3, -0.25) is 23.7 Å². The van der Waals surface area contributed by atoms with Crippen molar-refractivity contribution in [2.75, 3.05) is 6.61 Å². The fourth-order valence-electron chi connectivity index (χ4n) is 2.71. The first kappa shape index (κ1) is 56.3. The lowest BCUT2D eigenvalue weighted by Crippen LogP contribution is -2.73. The third kappa shape index (κ3) is 9.40. The van der Waals surface area contributed by atoms with Crippen LogP contribution >= 0.6 is 0 Å². The fraction of sp³-hybridized carbons (Fsp3) is 1.00. The van der Waals surface area contributed by atoms with E-state index < -0.39 is 109 Å². The Balaban J connectivity index is 7.96. The maximum atomic E-state index is 14.6. The van der Waals surface area contributed by atoms with Gasteiger partial charge in [0.2, 0.25) is 0 Å². The number of aliphatic hydroxyl groups is 1. The summed E-state index contributed by atoms with van der Waals surface area (Å²) in [4.78, 5) is 0. The molecule has 0 radical (unpaired) electrons. The lowest BCUT2D eigenvalue weighted by molar-refractivity contribution is -0.600. The molecular weight excluding hydrogens is 977 g/mol. The van der Waals surface area contributed by atoms with Gasteiger partial charge in [-0.05, 0) is 0 Å². The molecule has 0 bridgehead atoms. The molecule has 1 N–H and O–H groups in total. The monoisotopic (exact) mass is 980 g/mol. The van der Waals surface area contributed by atoms with E-state index in [0.717, 1.165) is 9.47 Å². The molecule has 0 heterocycles. The molecule has 0 unspecified atom stereocenters. The Kier molecular flexibility index (Phi) is 14.0. The first-order valence-corrected chi connectivity index (χ1v) is 12.1. The van der Waals surface area contributed by atoms with Crippen LogP contribution in [-0.2, 0) is 23.7 Å². The van der Waals surface area contributed by atoms with Crippen LogP contribution in [0.4, 0.5) is 154 Å². The van der Waals surface area contributed by atoms with Gasteiger partial charge in [-0.15, -0.1) is 0 Å². The van der Waals surface area contributed by atoms with Crippen LogP contribution in [0, 0.1) is 0 Å². The lowest BCUT2D eigenvalue weighted by Gasteiger charge is -2.44. The molecule has 0 aromatic rings. The Morgan fingerprint density at radius 2 is 0.424 bits per heavy atom. The highest BCUT2D eigenvalue weighted by Gasteiger charge is 2.91. The molecule has 0 aromatic heterocycles. The zero-order valence-corrected chi connectivity index (χ0v) is 24.9. The largest absolute Gasteiger partial charge is 0.462 e. The van der Waals surface area contributed by atoms with Crippen molar-refractivity contribution in [1.29, 1.82) is 0 Å². The lowest BCUT2D eigenvalue weighted by atomic mass is 10.2. The van der Waals surface area contributed by atoms with Crippen molar-refractivity contribution in [1.82, 2.24) is 0 Å². The highest BCUT2D eigenvalue weighted by atomic mass is 19.5. The molecule has 59 heavy (non-hydrogen) atoms. The third-order valence-corrected chi connectivity index (χ3v) is 5.67. The third-order valence-electron chi connectivity index (χ3n) is 5.67. The molecule has 6 nitrogen and oxygen atoms in total. The predicted octanol–water partition coefficient (Wildman–Crippen LogP) is 10.4. The van der Waals surface area contributed by atoms with E-state index in [2.05, 4.69) is 0 Å². The Hall–Kier alpha value is -2.69. The minimum Gasteiger partial charge on any atom is -0.390 e. The van der Waals surface area contributed by atoms with Crippen molar-refractivity contribution >= 4 is 0 Å². The van der Waals surface area contributed by atoms with Gasteiger partial charge < -0.3 is 5.11 Å². The zero-order valence-electron chi connectivity index (χ0n) is 24.9. The highest BCUT2D eigenvalue weighted by Crippen LogP contribution is 2.62. The SMILES string of the molecule is OC[C@](F)(OC(F)(F)[C@](F)(OC(F)(F)[C@](F)(OC(F)(F)[C@](F)(OC(F)(F)[C@@](F)(OC(F)(F)C(F)(F)C(F)(F)F)C(F)(F)F)C(F)(F)F)C(F)(F)F)C(F)(F)F)C(F)(F)F. The van der Waals surface area contributed by atoms with E-state index in [0.29, 0.717) is 9.47 Å². The van der Waals surface area contributed by atoms with Crippen LogP contribution in [0.2, 0.25) is 0 Å². The van der Waals surface area contributed by atoms with E-state index in [1.54, 1.807) is 0 Å². The second-order valence-corrected chi connectivity index (χ2v) is 9.92. The number of halogens is 35. The van der Waals surface area contributed by atoms with Gasteiger partial charge in [-0.25, -0.2) is 0 Å². The molecule has 5 atom stereocenters. The van der Waals surface area contributed by atoms with Crippen molar-refractivity contribution in [3.8, 4) is 0 Å². The van der Waals surface area contributed by atoms with Gasteiger partial charge in [-0.1, -0.05) is 0 Å². The van der Waals surface area contributed by atoms with Gasteiger partial charge in [0.1, 0.15) is 6.61 Å². The van der Waals surface area contributed by atoms with Crippen LogP contribution in [0.1, 0.15) is 0 Å². The summed E-state index contributed by atoms with van der Waals surface area (Å²) in [6.07, 6.45) is -97.2. The van der Waals surface area contributed by atoms with Crippen LogP contribution in [0.5, 0.6) is 0 Å². The summed E-state index contributed by atoms with van der Waals surface area (Å²) in [6.45, 7) is -3.90. The molecule has 0 rings (SSSR count). The molecular formula is C18H3F35O6. The summed E-state index contributed by atoms with van der Waals surface area (Å²) in [6, 6.07) is 0. The highest BCUT2D eigenvalue weighted by molar-refractivity contribution is 5.00. The molecule has 356 valence electrons. The molecule has 0 amide bonds. The molecule has 41 heteroatoms. The standard InChI is InChI=1S/C18H3F35O6/c19-2(1-54,8(26,27)28)55-15(46,47)4(22,10(32,33)34)57-17(50,51)6(24,12(38,39)40)59-18(52,53)7(25,13(41,42)43)58-16(48,49)5(23,11(35,36)37)56-14(44,45)3(20,21)9(29,30)31/h54H,1H2/t2-,4+,5-,6+,7+/m0/s1. The van der Waals surface area contributed by atoms with Crippen molar-refractivity contribution < 1.29 is 182 Å². The summed E-state index contributed by atoms with van der Waals surface area (Å²) in [5.74, 6) is -52.8. The van der Waals surface area contributed by atoms with E-state index in [1.165, 1.54) is 4.74 Å². The van der Waals surface area contributed by atoms with E-state index in [4.69, 9.17) is 5.11 Å².